The predicted molar refractivity (Wildman–Crippen MR) is 166 cm³/mol. The van der Waals surface area contributed by atoms with Crippen molar-refractivity contribution in [3.8, 4) is 0 Å². The van der Waals surface area contributed by atoms with Crippen molar-refractivity contribution in [2.75, 3.05) is 12.0 Å². The minimum absolute atomic E-state index is 0.102. The molecule has 0 aliphatic heterocycles. The molecule has 7 N–H and O–H groups in total. The van der Waals surface area contributed by atoms with Gasteiger partial charge in [0.25, 0.3) is 0 Å². The molecule has 0 aliphatic carbocycles. The molecule has 0 aliphatic rings. The Labute approximate surface area is 250 Å². The number of nitrogens with one attached hydrogen (secondary N) is 4. The summed E-state index contributed by atoms with van der Waals surface area (Å²) >= 11 is 1.50. The normalized spacial score (nSPS) is 14.8. The summed E-state index contributed by atoms with van der Waals surface area (Å²) in [5, 5.41) is 18.9. The van der Waals surface area contributed by atoms with Crippen molar-refractivity contribution < 1.29 is 24.3 Å². The number of carbonyl (C=O) groups excluding carboxylic acids is 3. The van der Waals surface area contributed by atoms with E-state index in [2.05, 4.69) is 20.9 Å². The van der Waals surface area contributed by atoms with E-state index < -0.39 is 47.9 Å². The number of carboxylic acids is 1. The summed E-state index contributed by atoms with van der Waals surface area (Å²) in [4.78, 5) is 55.0. The van der Waals surface area contributed by atoms with E-state index in [-0.39, 0.29) is 25.2 Å². The standard InChI is InChI=1S/C31H41N5O5S/c1-4-19(2)27(36-28(37)23(32)17-21-18-33-24-13-9-8-12-22(21)24)30(39)34-25(14-15-42-3)29(38)35-26(31(40)41)16-20-10-6-5-7-11-20/h5-13,18-19,23,25-27,33H,4,14-17,32H2,1-3H3,(H,34,39)(H,35,38)(H,36,37)(H,40,41). The third-order valence-electron chi connectivity index (χ3n) is 7.39. The Balaban J connectivity index is 1.69. The summed E-state index contributed by atoms with van der Waals surface area (Å²) in [6.45, 7) is 3.74. The number of carbonyl (C=O) groups is 4. The molecule has 3 rings (SSSR count). The lowest BCUT2D eigenvalue weighted by molar-refractivity contribution is -0.142. The van der Waals surface area contributed by atoms with E-state index in [0.717, 1.165) is 22.0 Å². The molecule has 226 valence electrons. The number of amides is 3. The third kappa shape index (κ3) is 9.09. The van der Waals surface area contributed by atoms with E-state index in [1.54, 1.807) is 24.3 Å². The molecule has 1 heterocycles. The first-order valence-corrected chi connectivity index (χ1v) is 15.5. The maximum atomic E-state index is 13.5. The number of para-hydroxylation sites is 1. The largest absolute Gasteiger partial charge is 0.480 e. The number of rotatable bonds is 16. The van der Waals surface area contributed by atoms with Crippen LogP contribution >= 0.6 is 11.8 Å². The second-order valence-electron chi connectivity index (χ2n) is 10.5. The fourth-order valence-electron chi connectivity index (χ4n) is 4.68. The van der Waals surface area contributed by atoms with Crippen molar-refractivity contribution in [1.82, 2.24) is 20.9 Å². The molecule has 0 saturated heterocycles. The molecular weight excluding hydrogens is 554 g/mol. The number of nitrogens with two attached hydrogens (primary N) is 1. The molecule has 0 saturated carbocycles. The average Bonchev–Trinajstić information content (AvgIpc) is 3.39. The van der Waals surface area contributed by atoms with Gasteiger partial charge in [0.2, 0.25) is 17.7 Å². The van der Waals surface area contributed by atoms with Crippen molar-refractivity contribution in [2.24, 2.45) is 11.7 Å². The summed E-state index contributed by atoms with van der Waals surface area (Å²) in [6.07, 6.45) is 4.97. The number of thioether (sulfide) groups is 1. The molecule has 2 aromatic carbocycles. The summed E-state index contributed by atoms with van der Waals surface area (Å²) in [5.74, 6) is -2.44. The molecule has 11 heteroatoms. The van der Waals surface area contributed by atoms with Crippen LogP contribution < -0.4 is 21.7 Å². The molecule has 0 spiro atoms. The predicted octanol–water partition coefficient (Wildman–Crippen LogP) is 2.62. The van der Waals surface area contributed by atoms with Crippen LogP contribution in [0, 0.1) is 5.92 Å². The van der Waals surface area contributed by atoms with Crippen molar-refractivity contribution >= 4 is 46.4 Å². The molecule has 0 bridgehead atoms. The zero-order valence-corrected chi connectivity index (χ0v) is 25.1. The zero-order chi connectivity index (χ0) is 30.6. The van der Waals surface area contributed by atoms with Gasteiger partial charge in [-0.25, -0.2) is 4.79 Å². The van der Waals surface area contributed by atoms with Crippen molar-refractivity contribution in [3.05, 3.63) is 71.9 Å². The highest BCUT2D eigenvalue weighted by Crippen LogP contribution is 2.19. The highest BCUT2D eigenvalue weighted by molar-refractivity contribution is 7.98. The molecule has 5 unspecified atom stereocenters. The molecule has 5 atom stereocenters. The van der Waals surface area contributed by atoms with Gasteiger partial charge in [0, 0.05) is 23.5 Å². The molecule has 0 fully saturated rings. The molecule has 0 radical (unpaired) electrons. The Hall–Kier alpha value is -3.83. The monoisotopic (exact) mass is 595 g/mol. The SMILES string of the molecule is CCC(C)C(NC(=O)C(N)Cc1c[nH]c2ccccc12)C(=O)NC(CCSC)C(=O)NC(Cc1ccccc1)C(=O)O. The van der Waals surface area contributed by atoms with Gasteiger partial charge < -0.3 is 31.8 Å². The Bertz CT molecular complexity index is 1350. The first kappa shape index (κ1) is 32.7. The second kappa shape index (κ2) is 16.0. The van der Waals surface area contributed by atoms with Gasteiger partial charge in [0.05, 0.1) is 6.04 Å². The van der Waals surface area contributed by atoms with E-state index in [9.17, 15) is 24.3 Å². The van der Waals surface area contributed by atoms with E-state index in [1.807, 2.05) is 56.6 Å². The lowest BCUT2D eigenvalue weighted by Crippen LogP contribution is -2.59. The van der Waals surface area contributed by atoms with Crippen LogP contribution in [-0.4, -0.2) is 70.0 Å². The van der Waals surface area contributed by atoms with Gasteiger partial charge in [0.15, 0.2) is 0 Å². The topological polar surface area (TPSA) is 166 Å². The third-order valence-corrected chi connectivity index (χ3v) is 8.03. The Morgan fingerprint density at radius 2 is 1.57 bits per heavy atom. The fourth-order valence-corrected chi connectivity index (χ4v) is 5.15. The van der Waals surface area contributed by atoms with Gasteiger partial charge in [-0.2, -0.15) is 11.8 Å². The number of carboxylic acid groups (broad SMARTS) is 1. The number of aliphatic carboxylic acids is 1. The van der Waals surface area contributed by atoms with Gasteiger partial charge in [-0.15, -0.1) is 0 Å². The molecule has 42 heavy (non-hydrogen) atoms. The summed E-state index contributed by atoms with van der Waals surface area (Å²) in [5.41, 5.74) is 8.88. The van der Waals surface area contributed by atoms with E-state index in [0.29, 0.717) is 12.2 Å². The quantitative estimate of drug-likeness (QED) is 0.148. The fraction of sp³-hybridized carbons (Fsp3) is 0.419. The van der Waals surface area contributed by atoms with Crippen molar-refractivity contribution in [1.29, 1.82) is 0 Å². The van der Waals surface area contributed by atoms with E-state index >= 15 is 0 Å². The van der Waals surface area contributed by atoms with Gasteiger partial charge in [-0.1, -0.05) is 68.8 Å². The van der Waals surface area contributed by atoms with Crippen LogP contribution in [0.4, 0.5) is 0 Å². The number of hydrogen-bond donors (Lipinski definition) is 6. The van der Waals surface area contributed by atoms with E-state index in [1.165, 1.54) is 11.8 Å². The molecular formula is C31H41N5O5S. The van der Waals surface area contributed by atoms with E-state index in [4.69, 9.17) is 5.73 Å². The second-order valence-corrected chi connectivity index (χ2v) is 11.5. The number of benzene rings is 2. The van der Waals surface area contributed by atoms with Crippen LogP contribution in [-0.2, 0) is 32.0 Å². The lowest BCUT2D eigenvalue weighted by Gasteiger charge is -2.28. The molecule has 3 amide bonds. The van der Waals surface area contributed by atoms with Crippen molar-refractivity contribution in [3.63, 3.8) is 0 Å². The molecule has 10 nitrogen and oxygen atoms in total. The highest BCUT2D eigenvalue weighted by Gasteiger charge is 2.32. The number of hydrogen-bond acceptors (Lipinski definition) is 6. The minimum Gasteiger partial charge on any atom is -0.480 e. The van der Waals surface area contributed by atoms with Crippen LogP contribution in [0.5, 0.6) is 0 Å². The van der Waals surface area contributed by atoms with Gasteiger partial charge in [-0.05, 0) is 48.0 Å². The van der Waals surface area contributed by atoms with Gasteiger partial charge >= 0.3 is 5.97 Å². The first-order valence-electron chi connectivity index (χ1n) is 14.1. The van der Waals surface area contributed by atoms with Crippen LogP contribution in [0.2, 0.25) is 0 Å². The summed E-state index contributed by atoms with van der Waals surface area (Å²) in [7, 11) is 0. The maximum Gasteiger partial charge on any atom is 0.326 e. The Kier molecular flexibility index (Phi) is 12.4. The molecule has 3 aromatic rings. The number of aromatic nitrogens is 1. The number of aromatic amines is 1. The van der Waals surface area contributed by atoms with Crippen LogP contribution in [0.3, 0.4) is 0 Å². The first-order chi connectivity index (χ1) is 20.1. The Morgan fingerprint density at radius 3 is 2.24 bits per heavy atom. The average molecular weight is 596 g/mol. The lowest BCUT2D eigenvalue weighted by atomic mass is 9.96. The summed E-state index contributed by atoms with van der Waals surface area (Å²) < 4.78 is 0. The summed E-state index contributed by atoms with van der Waals surface area (Å²) in [6, 6.07) is 12.8. The maximum absolute atomic E-state index is 13.5. The smallest absolute Gasteiger partial charge is 0.326 e. The number of fused-ring (bicyclic) bond motifs is 1. The van der Waals surface area contributed by atoms with Crippen LogP contribution in [0.15, 0.2) is 60.8 Å². The van der Waals surface area contributed by atoms with Gasteiger partial charge in [-0.3, -0.25) is 14.4 Å². The molecule has 1 aromatic heterocycles. The zero-order valence-electron chi connectivity index (χ0n) is 24.3. The van der Waals surface area contributed by atoms with Crippen molar-refractivity contribution in [2.45, 2.75) is 63.7 Å². The Morgan fingerprint density at radius 1 is 0.905 bits per heavy atom. The minimum atomic E-state index is -1.17. The number of H-pyrrole nitrogens is 1. The highest BCUT2D eigenvalue weighted by atomic mass is 32.2. The van der Waals surface area contributed by atoms with Crippen LogP contribution in [0.1, 0.15) is 37.8 Å². The van der Waals surface area contributed by atoms with Crippen LogP contribution in [0.25, 0.3) is 10.9 Å². The van der Waals surface area contributed by atoms with Gasteiger partial charge in [0.1, 0.15) is 18.1 Å².